The van der Waals surface area contributed by atoms with Crippen LogP contribution in [0.5, 0.6) is 0 Å². The Balaban J connectivity index is 1.69. The van der Waals surface area contributed by atoms with E-state index in [1.807, 2.05) is 12.1 Å². The number of aromatic nitrogens is 1. The first kappa shape index (κ1) is 18.2. The maximum Gasteiger partial charge on any atom is 0.269 e. The summed E-state index contributed by atoms with van der Waals surface area (Å²) in [6.07, 6.45) is 0. The molecule has 2 N–H and O–H groups in total. The third-order valence-electron chi connectivity index (χ3n) is 3.57. The Kier molecular flexibility index (Phi) is 5.23. The van der Waals surface area contributed by atoms with E-state index in [1.54, 1.807) is 17.5 Å². The molecule has 0 unspecified atom stereocenters. The topological polar surface area (TPSA) is 114 Å². The summed E-state index contributed by atoms with van der Waals surface area (Å²) in [7, 11) is 0. The van der Waals surface area contributed by atoms with Gasteiger partial charge in [0.25, 0.3) is 11.6 Å². The Bertz CT molecular complexity index is 997. The predicted molar refractivity (Wildman–Crippen MR) is 103 cm³/mol. The van der Waals surface area contributed by atoms with Crippen molar-refractivity contribution < 1.29 is 14.5 Å². The fourth-order valence-electron chi connectivity index (χ4n) is 2.30. The Labute approximate surface area is 158 Å². The highest BCUT2D eigenvalue weighted by Crippen LogP contribution is 2.26. The molecule has 8 nitrogen and oxygen atoms in total. The number of thiazole rings is 1. The van der Waals surface area contributed by atoms with Crippen LogP contribution >= 0.6 is 11.3 Å². The number of benzene rings is 2. The molecule has 3 aromatic rings. The maximum absolute atomic E-state index is 12.2. The molecule has 0 saturated carbocycles. The first-order valence-electron chi connectivity index (χ1n) is 7.82. The van der Waals surface area contributed by atoms with Crippen LogP contribution in [-0.4, -0.2) is 21.7 Å². The minimum Gasteiger partial charge on any atom is -0.326 e. The molecule has 9 heteroatoms. The number of rotatable bonds is 5. The van der Waals surface area contributed by atoms with Crippen molar-refractivity contribution in [1.29, 1.82) is 0 Å². The number of nitrogens with zero attached hydrogens (tertiary/aromatic N) is 2. The summed E-state index contributed by atoms with van der Waals surface area (Å²) < 4.78 is 0. The lowest BCUT2D eigenvalue weighted by Gasteiger charge is -2.03. The molecule has 0 spiro atoms. The lowest BCUT2D eigenvalue weighted by Crippen LogP contribution is -2.11. The first-order valence-corrected chi connectivity index (χ1v) is 8.70. The van der Waals surface area contributed by atoms with Crippen molar-refractivity contribution >= 4 is 39.7 Å². The van der Waals surface area contributed by atoms with Crippen molar-refractivity contribution in [2.45, 2.75) is 6.92 Å². The van der Waals surface area contributed by atoms with Crippen molar-refractivity contribution in [3.8, 4) is 11.3 Å². The van der Waals surface area contributed by atoms with Crippen molar-refractivity contribution in [3.63, 3.8) is 0 Å². The molecule has 0 fully saturated rings. The standard InChI is InChI=1S/C18H14N4O4S/c1-11(23)19-14-6-2-12(3-7-14)16-10-27-18(20-16)21-17(24)13-4-8-15(9-5-13)22(25)26/h2-10H,1H3,(H,19,23)(H,20,21,24). The second-order valence-electron chi connectivity index (χ2n) is 5.55. The largest absolute Gasteiger partial charge is 0.326 e. The normalized spacial score (nSPS) is 10.3. The number of carbonyl (C=O) groups excluding carboxylic acids is 2. The highest BCUT2D eigenvalue weighted by molar-refractivity contribution is 7.14. The number of anilines is 2. The van der Waals surface area contributed by atoms with Gasteiger partial charge in [0.1, 0.15) is 0 Å². The fourth-order valence-corrected chi connectivity index (χ4v) is 3.01. The molecule has 2 aromatic carbocycles. The summed E-state index contributed by atoms with van der Waals surface area (Å²) in [6, 6.07) is 12.5. The van der Waals surface area contributed by atoms with Gasteiger partial charge in [-0.3, -0.25) is 25.0 Å². The van der Waals surface area contributed by atoms with Crippen LogP contribution in [0.3, 0.4) is 0 Å². The highest BCUT2D eigenvalue weighted by Gasteiger charge is 2.12. The van der Waals surface area contributed by atoms with Crippen LogP contribution in [-0.2, 0) is 4.79 Å². The van der Waals surface area contributed by atoms with Gasteiger partial charge < -0.3 is 5.32 Å². The number of amides is 2. The molecule has 0 aliphatic rings. The van der Waals surface area contributed by atoms with E-state index in [9.17, 15) is 19.7 Å². The van der Waals surface area contributed by atoms with Crippen LogP contribution in [0.2, 0.25) is 0 Å². The minimum atomic E-state index is -0.522. The van der Waals surface area contributed by atoms with Crippen LogP contribution in [0.1, 0.15) is 17.3 Å². The quantitative estimate of drug-likeness (QED) is 0.512. The summed E-state index contributed by atoms with van der Waals surface area (Å²) >= 11 is 1.27. The molecule has 0 aliphatic heterocycles. The monoisotopic (exact) mass is 382 g/mol. The van der Waals surface area contributed by atoms with Crippen LogP contribution < -0.4 is 10.6 Å². The maximum atomic E-state index is 12.2. The Hall–Kier alpha value is -3.59. The van der Waals surface area contributed by atoms with Crippen LogP contribution in [0, 0.1) is 10.1 Å². The minimum absolute atomic E-state index is 0.0780. The van der Waals surface area contributed by atoms with Gasteiger partial charge >= 0.3 is 0 Å². The number of nitro groups is 1. The number of carbonyl (C=O) groups is 2. The van der Waals surface area contributed by atoms with Crippen molar-refractivity contribution in [2.75, 3.05) is 10.6 Å². The summed E-state index contributed by atoms with van der Waals surface area (Å²) in [4.78, 5) is 37.8. The van der Waals surface area contributed by atoms with Crippen LogP contribution in [0.25, 0.3) is 11.3 Å². The van der Waals surface area contributed by atoms with E-state index in [0.717, 1.165) is 5.56 Å². The average molecular weight is 382 g/mol. The molecule has 0 saturated heterocycles. The van der Waals surface area contributed by atoms with Crippen molar-refractivity contribution in [1.82, 2.24) is 4.98 Å². The van der Waals surface area contributed by atoms with Gasteiger partial charge in [0.15, 0.2) is 5.13 Å². The van der Waals surface area contributed by atoms with Gasteiger partial charge in [-0.25, -0.2) is 4.98 Å². The first-order chi connectivity index (χ1) is 12.9. The van der Waals surface area contributed by atoms with Gasteiger partial charge in [0, 0.05) is 41.3 Å². The third-order valence-corrected chi connectivity index (χ3v) is 4.32. The van der Waals surface area contributed by atoms with Gasteiger partial charge in [-0.1, -0.05) is 12.1 Å². The summed E-state index contributed by atoms with van der Waals surface area (Å²) in [6.45, 7) is 1.44. The summed E-state index contributed by atoms with van der Waals surface area (Å²) in [5, 5.41) is 18.2. The van der Waals surface area contributed by atoms with Gasteiger partial charge in [-0.15, -0.1) is 11.3 Å². The Morgan fingerprint density at radius 1 is 1.04 bits per heavy atom. The zero-order chi connectivity index (χ0) is 19.4. The average Bonchev–Trinajstić information content (AvgIpc) is 3.10. The van der Waals surface area contributed by atoms with Crippen molar-refractivity contribution in [3.05, 3.63) is 69.6 Å². The van der Waals surface area contributed by atoms with E-state index in [0.29, 0.717) is 22.1 Å². The molecule has 0 radical (unpaired) electrons. The van der Waals surface area contributed by atoms with Gasteiger partial charge in [0.05, 0.1) is 10.6 Å². The summed E-state index contributed by atoms with van der Waals surface area (Å²) in [5.74, 6) is -0.542. The smallest absolute Gasteiger partial charge is 0.269 e. The zero-order valence-corrected chi connectivity index (χ0v) is 14.9. The Morgan fingerprint density at radius 3 is 2.30 bits per heavy atom. The van der Waals surface area contributed by atoms with Gasteiger partial charge in [0.2, 0.25) is 5.91 Å². The molecule has 0 bridgehead atoms. The molecule has 3 rings (SSSR count). The van der Waals surface area contributed by atoms with E-state index in [-0.39, 0.29) is 11.6 Å². The van der Waals surface area contributed by atoms with E-state index >= 15 is 0 Å². The molecular weight excluding hydrogens is 368 g/mol. The van der Waals surface area contributed by atoms with Crippen LogP contribution in [0.4, 0.5) is 16.5 Å². The lowest BCUT2D eigenvalue weighted by molar-refractivity contribution is -0.384. The predicted octanol–water partition coefficient (Wildman–Crippen LogP) is 3.93. The van der Waals surface area contributed by atoms with E-state index in [1.165, 1.54) is 42.5 Å². The fraction of sp³-hybridized carbons (Fsp3) is 0.0556. The second-order valence-corrected chi connectivity index (χ2v) is 6.41. The number of hydrogen-bond acceptors (Lipinski definition) is 6. The number of hydrogen-bond donors (Lipinski definition) is 2. The number of non-ortho nitro benzene ring substituents is 1. The van der Waals surface area contributed by atoms with E-state index < -0.39 is 10.8 Å². The van der Waals surface area contributed by atoms with E-state index in [2.05, 4.69) is 15.6 Å². The molecule has 0 atom stereocenters. The molecule has 0 aliphatic carbocycles. The molecule has 2 amide bonds. The highest BCUT2D eigenvalue weighted by atomic mass is 32.1. The number of nitro benzene ring substituents is 1. The molecule has 1 aromatic heterocycles. The zero-order valence-electron chi connectivity index (χ0n) is 14.1. The Morgan fingerprint density at radius 2 is 1.70 bits per heavy atom. The molecule has 27 heavy (non-hydrogen) atoms. The van der Waals surface area contributed by atoms with E-state index in [4.69, 9.17) is 0 Å². The van der Waals surface area contributed by atoms with Crippen LogP contribution in [0.15, 0.2) is 53.9 Å². The second kappa shape index (κ2) is 7.75. The summed E-state index contributed by atoms with van der Waals surface area (Å²) in [5.41, 5.74) is 2.44. The van der Waals surface area contributed by atoms with Gasteiger partial charge in [-0.05, 0) is 24.3 Å². The molecule has 136 valence electrons. The lowest BCUT2D eigenvalue weighted by atomic mass is 10.1. The third kappa shape index (κ3) is 4.53. The SMILES string of the molecule is CC(=O)Nc1ccc(-c2csc(NC(=O)c3ccc([N+](=O)[O-])cc3)n2)cc1. The molecular formula is C18H14N4O4S. The molecule has 1 heterocycles. The van der Waals surface area contributed by atoms with Gasteiger partial charge in [-0.2, -0.15) is 0 Å². The van der Waals surface area contributed by atoms with Crippen molar-refractivity contribution in [2.24, 2.45) is 0 Å². The number of nitrogens with one attached hydrogen (secondary N) is 2.